The van der Waals surface area contributed by atoms with Crippen LogP contribution < -0.4 is 0 Å². The first-order valence-corrected chi connectivity index (χ1v) is 46.1. The number of phosphoric ester groups is 2. The van der Waals surface area contributed by atoms with Gasteiger partial charge in [0.2, 0.25) is 0 Å². The van der Waals surface area contributed by atoms with Crippen molar-refractivity contribution < 1.29 is 80.2 Å². The number of unbranched alkanes of at least 4 members (excludes halogenated alkanes) is 50. The lowest BCUT2D eigenvalue weighted by molar-refractivity contribution is -0.161. The van der Waals surface area contributed by atoms with Crippen molar-refractivity contribution in [3.8, 4) is 0 Å². The van der Waals surface area contributed by atoms with Gasteiger partial charge in [0.15, 0.2) is 12.2 Å². The van der Waals surface area contributed by atoms with Crippen molar-refractivity contribution >= 4 is 39.5 Å². The molecule has 19 heteroatoms. The Morgan fingerprint density at radius 2 is 0.471 bits per heavy atom. The molecule has 3 N–H and O–H groups in total. The number of hydrogen-bond donors (Lipinski definition) is 3. The lowest BCUT2D eigenvalue weighted by Crippen LogP contribution is -2.30. The highest BCUT2D eigenvalue weighted by molar-refractivity contribution is 7.47. The van der Waals surface area contributed by atoms with Crippen molar-refractivity contribution in [1.82, 2.24) is 0 Å². The van der Waals surface area contributed by atoms with Gasteiger partial charge in [0.25, 0.3) is 0 Å². The van der Waals surface area contributed by atoms with Crippen molar-refractivity contribution in [2.24, 2.45) is 11.8 Å². The van der Waals surface area contributed by atoms with Gasteiger partial charge in [-0.15, -0.1) is 0 Å². The number of hydrogen-bond acceptors (Lipinski definition) is 15. The van der Waals surface area contributed by atoms with Gasteiger partial charge < -0.3 is 33.8 Å². The standard InChI is InChI=1S/C83H162O17P2/c1-7-11-13-15-17-19-20-21-22-23-24-25-33-38-43-49-55-61-67-82(87)99-78(71-93-80(85)65-59-53-47-18-16-14-12-8-2)73-97-101(89,90)95-69-77(84)70-96-102(91,92)98-74-79(100-83(88)68-62-56-50-44-39-34-29-27-31-36-41-46-52-58-64-76(6)10-4)72-94-81(86)66-60-54-48-42-37-32-28-26-30-35-40-45-51-57-63-75(5)9-3/h75-79,84H,7-74H2,1-6H3,(H,89,90)(H,91,92)/t75?,76?,77-,78+,79+/m0/s1. The SMILES string of the molecule is CCCCCCCCCCCCCCCCCCCCC(=O)O[C@H](COC(=O)CCCCCCCCCC)COP(=O)(O)OC[C@H](O)COP(=O)(O)OC[C@@H](COC(=O)CCCCCCCCCCCCCCCCC(C)CC)OC(=O)CCCCCCCCCCCCCCCCC(C)CC. The van der Waals surface area contributed by atoms with Gasteiger partial charge >= 0.3 is 39.5 Å². The van der Waals surface area contributed by atoms with Crippen LogP contribution >= 0.6 is 15.6 Å². The molecule has 102 heavy (non-hydrogen) atoms. The molecule has 0 aromatic carbocycles. The summed E-state index contributed by atoms with van der Waals surface area (Å²) in [6, 6.07) is 0. The van der Waals surface area contributed by atoms with Crippen molar-refractivity contribution in [3.05, 3.63) is 0 Å². The minimum absolute atomic E-state index is 0.108. The van der Waals surface area contributed by atoms with Crippen LogP contribution in [0.5, 0.6) is 0 Å². The minimum atomic E-state index is -4.96. The number of rotatable bonds is 82. The molecule has 0 aliphatic heterocycles. The fourth-order valence-electron chi connectivity index (χ4n) is 12.8. The highest BCUT2D eigenvalue weighted by Gasteiger charge is 2.30. The van der Waals surface area contributed by atoms with Gasteiger partial charge in [0, 0.05) is 25.7 Å². The van der Waals surface area contributed by atoms with E-state index in [1.807, 2.05) is 0 Å². The van der Waals surface area contributed by atoms with Gasteiger partial charge in [-0.3, -0.25) is 37.3 Å². The summed E-state index contributed by atoms with van der Waals surface area (Å²) in [6.45, 7) is 9.74. The lowest BCUT2D eigenvalue weighted by atomic mass is 9.99. The van der Waals surface area contributed by atoms with E-state index in [0.29, 0.717) is 25.7 Å². The van der Waals surface area contributed by atoms with Gasteiger partial charge in [-0.05, 0) is 37.5 Å². The molecule has 4 unspecified atom stereocenters. The first-order valence-electron chi connectivity index (χ1n) is 43.1. The zero-order valence-electron chi connectivity index (χ0n) is 66.9. The van der Waals surface area contributed by atoms with E-state index >= 15 is 0 Å². The number of aliphatic hydroxyl groups excluding tert-OH is 1. The lowest BCUT2D eigenvalue weighted by Gasteiger charge is -2.21. The molecular formula is C83H162O17P2. The topological polar surface area (TPSA) is 237 Å². The van der Waals surface area contributed by atoms with Crippen molar-refractivity contribution in [2.75, 3.05) is 39.6 Å². The number of carbonyl (C=O) groups excluding carboxylic acids is 4. The second-order valence-corrected chi connectivity index (χ2v) is 33.3. The molecule has 0 aliphatic rings. The minimum Gasteiger partial charge on any atom is -0.462 e. The smallest absolute Gasteiger partial charge is 0.462 e. The van der Waals surface area contributed by atoms with Gasteiger partial charge in [0.05, 0.1) is 26.4 Å². The monoisotopic (exact) mass is 1490 g/mol. The van der Waals surface area contributed by atoms with Crippen molar-refractivity contribution in [1.29, 1.82) is 0 Å². The molecule has 0 spiro atoms. The molecule has 0 aliphatic carbocycles. The Morgan fingerprint density at radius 3 is 0.696 bits per heavy atom. The molecule has 0 saturated carbocycles. The average Bonchev–Trinajstić information content (AvgIpc) is 0.910. The number of phosphoric acid groups is 2. The summed E-state index contributed by atoms with van der Waals surface area (Å²) in [7, 11) is -9.92. The molecule has 0 radical (unpaired) electrons. The van der Waals surface area contributed by atoms with E-state index < -0.39 is 97.5 Å². The molecule has 0 heterocycles. The summed E-state index contributed by atoms with van der Waals surface area (Å²) in [6.07, 6.45) is 65.1. The maximum Gasteiger partial charge on any atom is 0.472 e. The van der Waals surface area contributed by atoms with Crippen LogP contribution in [0, 0.1) is 11.8 Å². The van der Waals surface area contributed by atoms with Crippen LogP contribution in [0.25, 0.3) is 0 Å². The molecular weight excluding hydrogens is 1330 g/mol. The van der Waals surface area contributed by atoms with Crippen LogP contribution in [0.2, 0.25) is 0 Å². The molecule has 0 saturated heterocycles. The summed E-state index contributed by atoms with van der Waals surface area (Å²) in [5.74, 6) is -0.412. The van der Waals surface area contributed by atoms with Crippen LogP contribution in [0.15, 0.2) is 0 Å². The van der Waals surface area contributed by atoms with Crippen LogP contribution in [0.3, 0.4) is 0 Å². The van der Waals surface area contributed by atoms with Crippen LogP contribution in [0.1, 0.15) is 440 Å². The fourth-order valence-corrected chi connectivity index (χ4v) is 14.4. The Labute approximate surface area is 626 Å². The summed E-state index contributed by atoms with van der Waals surface area (Å²) >= 11 is 0. The highest BCUT2D eigenvalue weighted by Crippen LogP contribution is 2.45. The molecule has 17 nitrogen and oxygen atoms in total. The van der Waals surface area contributed by atoms with Gasteiger partial charge in [0.1, 0.15) is 19.3 Å². The van der Waals surface area contributed by atoms with Gasteiger partial charge in [-0.25, -0.2) is 9.13 Å². The van der Waals surface area contributed by atoms with Crippen molar-refractivity contribution in [3.63, 3.8) is 0 Å². The largest absolute Gasteiger partial charge is 0.472 e. The average molecular weight is 1490 g/mol. The quantitative estimate of drug-likeness (QED) is 0.0222. The molecule has 0 fully saturated rings. The van der Waals surface area contributed by atoms with E-state index in [9.17, 15) is 43.2 Å². The fraction of sp³-hybridized carbons (Fsp3) is 0.952. The maximum atomic E-state index is 13.1. The zero-order valence-corrected chi connectivity index (χ0v) is 68.7. The molecule has 0 rings (SSSR count). The summed E-state index contributed by atoms with van der Waals surface area (Å²) in [4.78, 5) is 73.0. The Morgan fingerprint density at radius 1 is 0.275 bits per heavy atom. The summed E-state index contributed by atoms with van der Waals surface area (Å²) in [5.41, 5.74) is 0. The van der Waals surface area contributed by atoms with Gasteiger partial charge in [-0.1, -0.05) is 388 Å². The molecule has 0 amide bonds. The Kier molecular flexibility index (Phi) is 73.1. The predicted octanol–water partition coefficient (Wildman–Crippen LogP) is 25.1. The second-order valence-electron chi connectivity index (χ2n) is 30.4. The number of esters is 4. The zero-order chi connectivity index (χ0) is 74.9. The van der Waals surface area contributed by atoms with E-state index in [2.05, 4.69) is 41.5 Å². The third kappa shape index (κ3) is 73.6. The maximum absolute atomic E-state index is 13.1. The number of aliphatic hydroxyl groups is 1. The van der Waals surface area contributed by atoms with Crippen molar-refractivity contribution in [2.45, 2.75) is 458 Å². The van der Waals surface area contributed by atoms with E-state index in [1.54, 1.807) is 0 Å². The molecule has 0 bridgehead atoms. The Balaban J connectivity index is 5.20. The van der Waals surface area contributed by atoms with Crippen LogP contribution in [0.4, 0.5) is 0 Å². The third-order valence-corrected chi connectivity index (χ3v) is 22.1. The second kappa shape index (κ2) is 74.5. The first-order chi connectivity index (χ1) is 49.4. The molecule has 0 aromatic heterocycles. The predicted molar refractivity (Wildman–Crippen MR) is 418 cm³/mol. The molecule has 0 aromatic rings. The van der Waals surface area contributed by atoms with E-state index in [-0.39, 0.29) is 25.7 Å². The highest BCUT2D eigenvalue weighted by atomic mass is 31.2. The summed E-state index contributed by atoms with van der Waals surface area (Å²) in [5, 5.41) is 10.6. The number of ether oxygens (including phenoxy) is 4. The number of carbonyl (C=O) groups is 4. The van der Waals surface area contributed by atoms with E-state index in [1.165, 1.54) is 250 Å². The van der Waals surface area contributed by atoms with Crippen LogP contribution in [-0.4, -0.2) is 96.7 Å². The summed E-state index contributed by atoms with van der Waals surface area (Å²) < 4.78 is 68.7. The normalized spacial score (nSPS) is 14.4. The van der Waals surface area contributed by atoms with E-state index in [0.717, 1.165) is 108 Å². The molecule has 7 atom stereocenters. The Hall–Kier alpha value is -1.94. The Bertz CT molecular complexity index is 1960. The molecule has 606 valence electrons. The first kappa shape index (κ1) is 100. The third-order valence-electron chi connectivity index (χ3n) is 20.2. The van der Waals surface area contributed by atoms with E-state index in [4.69, 9.17) is 37.0 Å². The van der Waals surface area contributed by atoms with Gasteiger partial charge in [-0.2, -0.15) is 0 Å². The van der Waals surface area contributed by atoms with Crippen LogP contribution in [-0.2, 0) is 65.4 Å².